The lowest BCUT2D eigenvalue weighted by Crippen LogP contribution is -2.23. The first-order chi connectivity index (χ1) is 12.1. The van der Waals surface area contributed by atoms with Crippen molar-refractivity contribution in [1.29, 1.82) is 0 Å². The molecule has 0 aliphatic carbocycles. The highest BCUT2D eigenvalue weighted by Gasteiger charge is 2.16. The predicted octanol–water partition coefficient (Wildman–Crippen LogP) is 3.60. The SMILES string of the molecule is Cc1cc(C(=O)CNCc2cccnc2)c(C)n1-c1ccc(F)cc1. The normalized spacial score (nSPS) is 10.8. The van der Waals surface area contributed by atoms with Crippen molar-refractivity contribution in [2.45, 2.75) is 20.4 Å². The average Bonchev–Trinajstić information content (AvgIpc) is 2.91. The molecule has 5 heteroatoms. The standard InChI is InChI=1S/C20H20FN3O/c1-14-10-19(15(2)24(14)18-7-5-17(21)6-8-18)20(25)13-23-12-16-4-3-9-22-11-16/h3-11,23H,12-13H2,1-2H3. The number of hydrogen-bond acceptors (Lipinski definition) is 3. The third-order valence-corrected chi connectivity index (χ3v) is 4.15. The first-order valence-electron chi connectivity index (χ1n) is 8.14. The van der Waals surface area contributed by atoms with E-state index in [4.69, 9.17) is 0 Å². The summed E-state index contributed by atoms with van der Waals surface area (Å²) >= 11 is 0. The largest absolute Gasteiger partial charge is 0.318 e. The maximum Gasteiger partial charge on any atom is 0.178 e. The minimum absolute atomic E-state index is 0.0327. The van der Waals surface area contributed by atoms with Crippen molar-refractivity contribution in [2.75, 3.05) is 6.54 Å². The summed E-state index contributed by atoms with van der Waals surface area (Å²) in [5.74, 6) is -0.243. The fraction of sp³-hybridized carbons (Fsp3) is 0.200. The van der Waals surface area contributed by atoms with Crippen LogP contribution in [0.5, 0.6) is 0 Å². The zero-order valence-corrected chi connectivity index (χ0v) is 14.3. The summed E-state index contributed by atoms with van der Waals surface area (Å²) in [6, 6.07) is 12.0. The number of aromatic nitrogens is 2. The molecule has 25 heavy (non-hydrogen) atoms. The summed E-state index contributed by atoms with van der Waals surface area (Å²) in [5, 5.41) is 3.15. The number of nitrogens with zero attached hydrogens (tertiary/aromatic N) is 2. The van der Waals surface area contributed by atoms with Gasteiger partial charge in [-0.1, -0.05) is 6.07 Å². The first-order valence-corrected chi connectivity index (χ1v) is 8.14. The van der Waals surface area contributed by atoms with Crippen LogP contribution in [0.1, 0.15) is 27.3 Å². The Hall–Kier alpha value is -2.79. The maximum absolute atomic E-state index is 13.1. The van der Waals surface area contributed by atoms with Crippen LogP contribution in [0.15, 0.2) is 54.9 Å². The Balaban J connectivity index is 1.73. The molecule has 0 aliphatic heterocycles. The molecule has 1 N–H and O–H groups in total. The molecule has 0 atom stereocenters. The Labute approximate surface area is 146 Å². The van der Waals surface area contributed by atoms with E-state index < -0.39 is 0 Å². The van der Waals surface area contributed by atoms with E-state index in [1.165, 1.54) is 12.1 Å². The molecule has 0 spiro atoms. The molecule has 0 radical (unpaired) electrons. The van der Waals surface area contributed by atoms with E-state index >= 15 is 0 Å². The molecule has 0 fully saturated rings. The Morgan fingerprint density at radius 2 is 1.96 bits per heavy atom. The highest BCUT2D eigenvalue weighted by Crippen LogP contribution is 2.21. The monoisotopic (exact) mass is 337 g/mol. The number of halogens is 1. The van der Waals surface area contributed by atoms with Crippen LogP contribution in [-0.2, 0) is 6.54 Å². The number of pyridine rings is 1. The summed E-state index contributed by atoms with van der Waals surface area (Å²) in [4.78, 5) is 16.6. The lowest BCUT2D eigenvalue weighted by atomic mass is 10.1. The van der Waals surface area contributed by atoms with E-state index in [0.29, 0.717) is 12.1 Å². The second kappa shape index (κ2) is 7.40. The van der Waals surface area contributed by atoms with Crippen LogP contribution in [0.4, 0.5) is 4.39 Å². The van der Waals surface area contributed by atoms with Gasteiger partial charge in [0.25, 0.3) is 0 Å². The number of ketones is 1. The van der Waals surface area contributed by atoms with Gasteiger partial charge in [0.2, 0.25) is 0 Å². The zero-order chi connectivity index (χ0) is 17.8. The third kappa shape index (κ3) is 3.83. The van der Waals surface area contributed by atoms with Gasteiger partial charge in [-0.05, 0) is 55.8 Å². The first kappa shape index (κ1) is 17.0. The molecule has 0 unspecified atom stereocenters. The molecule has 0 aliphatic rings. The molecular formula is C20H20FN3O. The Bertz CT molecular complexity index is 870. The molecule has 2 heterocycles. The predicted molar refractivity (Wildman–Crippen MR) is 95.5 cm³/mol. The second-order valence-corrected chi connectivity index (χ2v) is 5.98. The van der Waals surface area contributed by atoms with E-state index in [1.807, 2.05) is 36.6 Å². The van der Waals surface area contributed by atoms with Crippen LogP contribution in [0.3, 0.4) is 0 Å². The fourth-order valence-electron chi connectivity index (χ4n) is 2.95. The van der Waals surface area contributed by atoms with Crippen LogP contribution in [0.2, 0.25) is 0 Å². The van der Waals surface area contributed by atoms with Crippen molar-refractivity contribution in [3.05, 3.63) is 83.2 Å². The van der Waals surface area contributed by atoms with E-state index in [9.17, 15) is 9.18 Å². The number of benzene rings is 1. The fourth-order valence-corrected chi connectivity index (χ4v) is 2.95. The summed E-state index contributed by atoms with van der Waals surface area (Å²) in [5.41, 5.74) is 4.36. The van der Waals surface area contributed by atoms with Crippen LogP contribution in [0.25, 0.3) is 5.69 Å². The number of Topliss-reactive ketones (excluding diaryl/α,β-unsaturated/α-hetero) is 1. The molecule has 3 aromatic rings. The number of hydrogen-bond donors (Lipinski definition) is 1. The van der Waals surface area contributed by atoms with Gasteiger partial charge < -0.3 is 9.88 Å². The van der Waals surface area contributed by atoms with Crippen LogP contribution < -0.4 is 5.32 Å². The minimum Gasteiger partial charge on any atom is -0.318 e. The van der Waals surface area contributed by atoms with Crippen LogP contribution >= 0.6 is 0 Å². The number of rotatable bonds is 6. The number of carbonyl (C=O) groups is 1. The topological polar surface area (TPSA) is 46.9 Å². The summed E-state index contributed by atoms with van der Waals surface area (Å²) in [7, 11) is 0. The summed E-state index contributed by atoms with van der Waals surface area (Å²) in [6.07, 6.45) is 3.50. The molecule has 128 valence electrons. The third-order valence-electron chi connectivity index (χ3n) is 4.15. The molecular weight excluding hydrogens is 317 g/mol. The van der Waals surface area contributed by atoms with Crippen LogP contribution in [0, 0.1) is 19.7 Å². The Morgan fingerprint density at radius 1 is 1.20 bits per heavy atom. The summed E-state index contributed by atoms with van der Waals surface area (Å²) < 4.78 is 15.1. The van der Waals surface area contributed by atoms with Crippen molar-refractivity contribution in [3.63, 3.8) is 0 Å². The van der Waals surface area contributed by atoms with E-state index in [2.05, 4.69) is 10.3 Å². The lowest BCUT2D eigenvalue weighted by Gasteiger charge is -2.10. The number of nitrogens with one attached hydrogen (secondary N) is 1. The maximum atomic E-state index is 13.1. The van der Waals surface area contributed by atoms with Crippen molar-refractivity contribution in [2.24, 2.45) is 0 Å². The van der Waals surface area contributed by atoms with Gasteiger partial charge in [0.15, 0.2) is 5.78 Å². The van der Waals surface area contributed by atoms with Crippen molar-refractivity contribution in [3.8, 4) is 5.69 Å². The minimum atomic E-state index is -0.276. The molecule has 0 saturated carbocycles. The van der Waals surface area contributed by atoms with Crippen molar-refractivity contribution < 1.29 is 9.18 Å². The molecule has 0 amide bonds. The van der Waals surface area contributed by atoms with Gasteiger partial charge in [0, 0.05) is 41.6 Å². The molecule has 4 nitrogen and oxygen atoms in total. The van der Waals surface area contributed by atoms with Crippen molar-refractivity contribution >= 4 is 5.78 Å². The molecule has 1 aromatic carbocycles. The van der Waals surface area contributed by atoms with Gasteiger partial charge >= 0.3 is 0 Å². The second-order valence-electron chi connectivity index (χ2n) is 5.98. The quantitative estimate of drug-likeness (QED) is 0.699. The van der Waals surface area contributed by atoms with Gasteiger partial charge in [-0.15, -0.1) is 0 Å². The highest BCUT2D eigenvalue weighted by atomic mass is 19.1. The molecule has 0 bridgehead atoms. The average molecular weight is 337 g/mol. The zero-order valence-electron chi connectivity index (χ0n) is 14.3. The van der Waals surface area contributed by atoms with E-state index in [1.54, 1.807) is 24.5 Å². The van der Waals surface area contributed by atoms with Crippen LogP contribution in [-0.4, -0.2) is 21.9 Å². The number of carbonyl (C=O) groups excluding carboxylic acids is 1. The Kier molecular flexibility index (Phi) is 5.05. The Morgan fingerprint density at radius 3 is 2.64 bits per heavy atom. The molecule has 0 saturated heterocycles. The molecule has 2 aromatic heterocycles. The summed E-state index contributed by atoms with van der Waals surface area (Å²) in [6.45, 7) is 4.69. The smallest absolute Gasteiger partial charge is 0.178 e. The van der Waals surface area contributed by atoms with Crippen molar-refractivity contribution in [1.82, 2.24) is 14.9 Å². The number of aryl methyl sites for hydroxylation is 1. The van der Waals surface area contributed by atoms with E-state index in [-0.39, 0.29) is 18.1 Å². The van der Waals surface area contributed by atoms with Gasteiger partial charge in [0.1, 0.15) is 5.82 Å². The van der Waals surface area contributed by atoms with Gasteiger partial charge in [-0.25, -0.2) is 4.39 Å². The van der Waals surface area contributed by atoms with Gasteiger partial charge in [-0.3, -0.25) is 9.78 Å². The molecule has 3 rings (SSSR count). The van der Waals surface area contributed by atoms with Gasteiger partial charge in [-0.2, -0.15) is 0 Å². The highest BCUT2D eigenvalue weighted by molar-refractivity contribution is 5.99. The van der Waals surface area contributed by atoms with E-state index in [0.717, 1.165) is 22.6 Å². The lowest BCUT2D eigenvalue weighted by molar-refractivity contribution is 0.0990. The van der Waals surface area contributed by atoms with Gasteiger partial charge in [0.05, 0.1) is 6.54 Å².